The molecule has 1 N–H and O–H groups in total. The Morgan fingerprint density at radius 1 is 1.30 bits per heavy atom. The van der Waals surface area contributed by atoms with Crippen molar-refractivity contribution in [1.82, 2.24) is 9.32 Å². The van der Waals surface area contributed by atoms with Crippen LogP contribution in [0.2, 0.25) is 0 Å². The van der Waals surface area contributed by atoms with E-state index in [9.17, 15) is 23.7 Å². The number of ketones is 1. The zero-order valence-electron chi connectivity index (χ0n) is 18.0. The summed E-state index contributed by atoms with van der Waals surface area (Å²) in [6.45, 7) is 1.60. The summed E-state index contributed by atoms with van der Waals surface area (Å²) in [4.78, 5) is 30.2. The summed E-state index contributed by atoms with van der Waals surface area (Å²) in [7, 11) is -4.66. The molecule has 0 aliphatic carbocycles. The third kappa shape index (κ3) is 5.53. The van der Waals surface area contributed by atoms with E-state index < -0.39 is 25.5 Å². The molecule has 0 saturated heterocycles. The van der Waals surface area contributed by atoms with Gasteiger partial charge in [0.25, 0.3) is 0 Å². The van der Waals surface area contributed by atoms with E-state index in [1.807, 2.05) is 0 Å². The summed E-state index contributed by atoms with van der Waals surface area (Å²) < 4.78 is 33.0. The minimum absolute atomic E-state index is 0. The van der Waals surface area contributed by atoms with Crippen LogP contribution in [-0.2, 0) is 15.7 Å². The first kappa shape index (κ1) is 25.9. The molecule has 0 aliphatic heterocycles. The fourth-order valence-corrected chi connectivity index (χ4v) is 5.18. The Balaban J connectivity index is 0.00000306. The van der Waals surface area contributed by atoms with Crippen LogP contribution >= 0.6 is 19.1 Å². The zero-order chi connectivity index (χ0) is 22.9. The van der Waals surface area contributed by atoms with Crippen molar-refractivity contribution >= 4 is 35.8 Å². The van der Waals surface area contributed by atoms with Gasteiger partial charge in [-0.15, -0.1) is 11.3 Å². The van der Waals surface area contributed by atoms with E-state index in [1.165, 1.54) is 6.07 Å². The van der Waals surface area contributed by atoms with E-state index in [0.29, 0.717) is 17.7 Å². The van der Waals surface area contributed by atoms with E-state index in [1.54, 1.807) is 42.6 Å². The van der Waals surface area contributed by atoms with Crippen molar-refractivity contribution in [2.45, 2.75) is 26.1 Å². The molecular formula is C22H19FN2NaO5PS. The fraction of sp³-hybridized carbons (Fsp3) is 0.182. The third-order valence-electron chi connectivity index (χ3n) is 4.94. The van der Waals surface area contributed by atoms with Crippen LogP contribution in [0.1, 0.15) is 46.1 Å². The number of hydrogen-bond donors (Lipinski definition) is 1. The third-order valence-corrected chi connectivity index (χ3v) is 7.11. The Bertz CT molecular complexity index is 1330. The first-order chi connectivity index (χ1) is 15.3. The van der Waals surface area contributed by atoms with Crippen molar-refractivity contribution < 1.29 is 57.8 Å². The molecule has 0 radical (unpaired) electrons. The van der Waals surface area contributed by atoms with Gasteiger partial charge >= 0.3 is 29.6 Å². The van der Waals surface area contributed by atoms with Gasteiger partial charge in [0.2, 0.25) is 13.5 Å². The molecule has 0 bridgehead atoms. The number of nitrogens with zero attached hydrogens (tertiary/aromatic N) is 2. The van der Waals surface area contributed by atoms with Gasteiger partial charge in [0.1, 0.15) is 5.82 Å². The van der Waals surface area contributed by atoms with Gasteiger partial charge < -0.3 is 14.5 Å². The maximum atomic E-state index is 14.0. The second-order valence-corrected chi connectivity index (χ2v) is 9.59. The predicted molar refractivity (Wildman–Crippen MR) is 117 cm³/mol. The molecule has 4 rings (SSSR count). The first-order valence-electron chi connectivity index (χ1n) is 9.79. The molecule has 33 heavy (non-hydrogen) atoms. The molecule has 166 valence electrons. The van der Waals surface area contributed by atoms with Gasteiger partial charge in [0.05, 0.1) is 29.5 Å². The number of carbonyl (C=O) groups excluding carboxylic acids is 1. The predicted octanol–water partition coefficient (Wildman–Crippen LogP) is 1.45. The van der Waals surface area contributed by atoms with Gasteiger partial charge in [-0.25, -0.2) is 9.37 Å². The van der Waals surface area contributed by atoms with E-state index in [4.69, 9.17) is 4.52 Å². The topological polar surface area (TPSA) is 104 Å². The number of aromatic nitrogens is 2. The van der Waals surface area contributed by atoms with Crippen LogP contribution in [0.25, 0.3) is 10.9 Å². The van der Waals surface area contributed by atoms with Gasteiger partial charge in [0, 0.05) is 17.0 Å². The Morgan fingerprint density at radius 2 is 2.03 bits per heavy atom. The van der Waals surface area contributed by atoms with Gasteiger partial charge in [0.15, 0.2) is 5.01 Å². The monoisotopic (exact) mass is 496 g/mol. The molecule has 0 aliphatic rings. The van der Waals surface area contributed by atoms with Crippen LogP contribution in [0.15, 0.2) is 60.1 Å². The van der Waals surface area contributed by atoms with E-state index in [2.05, 4.69) is 4.98 Å². The Kier molecular flexibility index (Phi) is 8.42. The summed E-state index contributed by atoms with van der Waals surface area (Å²) in [6.07, 6.45) is 0.752. The summed E-state index contributed by atoms with van der Waals surface area (Å²) in [6, 6.07) is 12.3. The molecule has 7 nitrogen and oxygen atoms in total. The number of benzene rings is 2. The average Bonchev–Trinajstić information content (AvgIpc) is 3.43. The molecule has 2 unspecified atom stereocenters. The molecule has 0 amide bonds. The van der Waals surface area contributed by atoms with Gasteiger partial charge in [-0.2, -0.15) is 0 Å². The minimum Gasteiger partial charge on any atom is -0.761 e. The van der Waals surface area contributed by atoms with Gasteiger partial charge in [-0.1, -0.05) is 37.3 Å². The van der Waals surface area contributed by atoms with Crippen LogP contribution in [0.3, 0.4) is 0 Å². The van der Waals surface area contributed by atoms with Crippen LogP contribution < -0.4 is 34.5 Å². The second-order valence-electron chi connectivity index (χ2n) is 7.11. The Morgan fingerprint density at radius 3 is 2.73 bits per heavy atom. The smallest absolute Gasteiger partial charge is 0.761 e. The number of carbonyl (C=O) groups is 1. The molecule has 2 aromatic heterocycles. The first-order valence-corrected chi connectivity index (χ1v) is 12.2. The zero-order valence-corrected chi connectivity index (χ0v) is 21.7. The summed E-state index contributed by atoms with van der Waals surface area (Å²) in [5, 5.41) is 11.7. The summed E-state index contributed by atoms with van der Waals surface area (Å²) >= 11 is 1.03. The molecule has 11 heteroatoms. The number of aliphatic hydroxyl groups excluding tert-OH is 1. The molecular weight excluding hydrogens is 477 g/mol. The van der Waals surface area contributed by atoms with Crippen molar-refractivity contribution in [3.05, 3.63) is 87.8 Å². The van der Waals surface area contributed by atoms with E-state index in [-0.39, 0.29) is 57.6 Å². The average molecular weight is 496 g/mol. The Labute approximate surface area is 215 Å². The number of fused-ring (bicyclic) bond motifs is 1. The molecule has 2 heterocycles. The van der Waals surface area contributed by atoms with Crippen molar-refractivity contribution in [2.24, 2.45) is 0 Å². The number of aliphatic hydroxyl groups is 1. The van der Waals surface area contributed by atoms with Crippen LogP contribution in [0, 0.1) is 5.82 Å². The number of rotatable bonds is 8. The summed E-state index contributed by atoms with van der Waals surface area (Å²) in [5.74, 6) is -1.18. The second kappa shape index (κ2) is 10.7. The van der Waals surface area contributed by atoms with Gasteiger partial charge in [-0.05, 0) is 30.2 Å². The largest absolute Gasteiger partial charge is 1.00 e. The van der Waals surface area contributed by atoms with E-state index >= 15 is 0 Å². The minimum atomic E-state index is -4.66. The normalized spacial score (nSPS) is 13.9. The number of halogens is 1. The molecule has 4 aromatic rings. The standard InChI is InChI=1S/C22H20FN2O5PS.Na/c1-2-20(26)18-13-32-22(24-18)21(27)17-11-25(19-9-8-15(23)10-16(17)19)31(28,29)30-12-14-6-4-3-5-7-14;/h3-11,13,20,26H,2,12H2,1H3,(H,28,29);/q;+1/p-1. The van der Waals surface area contributed by atoms with Crippen molar-refractivity contribution in [2.75, 3.05) is 0 Å². The molecule has 2 aromatic carbocycles. The summed E-state index contributed by atoms with van der Waals surface area (Å²) in [5.41, 5.74) is 1.11. The van der Waals surface area contributed by atoms with E-state index in [0.717, 1.165) is 34.0 Å². The molecule has 0 spiro atoms. The van der Waals surface area contributed by atoms with Crippen molar-refractivity contribution in [3.8, 4) is 0 Å². The van der Waals surface area contributed by atoms with Crippen LogP contribution in [0.5, 0.6) is 0 Å². The molecule has 0 saturated carbocycles. The molecule has 2 atom stereocenters. The van der Waals surface area contributed by atoms with Crippen molar-refractivity contribution in [1.29, 1.82) is 0 Å². The SMILES string of the molecule is CCC(O)c1csc(C(=O)c2cn(P(=O)([O-])OCc3ccccc3)c3ccc(F)cc23)n1.[Na+]. The maximum Gasteiger partial charge on any atom is 1.00 e. The fourth-order valence-electron chi connectivity index (χ4n) is 3.23. The number of thiazole rings is 1. The van der Waals surface area contributed by atoms with Gasteiger partial charge in [-0.3, -0.25) is 13.7 Å². The quantitative estimate of drug-likeness (QED) is 0.225. The van der Waals surface area contributed by atoms with Crippen LogP contribution in [-0.4, -0.2) is 20.2 Å². The molecule has 0 fully saturated rings. The number of hydrogen-bond acceptors (Lipinski definition) is 7. The van der Waals surface area contributed by atoms with Crippen LogP contribution in [0.4, 0.5) is 4.39 Å². The maximum absolute atomic E-state index is 14.0. The Hall–Kier alpha value is -1.68. The van der Waals surface area contributed by atoms with Crippen molar-refractivity contribution in [3.63, 3.8) is 0 Å².